The topological polar surface area (TPSA) is 75.0 Å². The zero-order chi connectivity index (χ0) is 12.3. The molecule has 0 bridgehead atoms. The standard InChI is InChI=1S/C10H8ClNO3S/c1-2-7-3-4-8(6-13)10(9(7)5-12)16(11,14)15/h3-4,6H,2H2,1H3. The zero-order valence-corrected chi connectivity index (χ0v) is 9.97. The van der Waals surface area contributed by atoms with E-state index in [-0.39, 0.29) is 11.1 Å². The lowest BCUT2D eigenvalue weighted by Gasteiger charge is -2.07. The van der Waals surface area contributed by atoms with E-state index < -0.39 is 13.9 Å². The molecule has 0 saturated carbocycles. The third-order valence-corrected chi connectivity index (χ3v) is 3.53. The molecule has 6 heteroatoms. The summed E-state index contributed by atoms with van der Waals surface area (Å²) < 4.78 is 22.6. The summed E-state index contributed by atoms with van der Waals surface area (Å²) in [5.74, 6) is 0. The van der Waals surface area contributed by atoms with Crippen molar-refractivity contribution in [1.82, 2.24) is 0 Å². The predicted octanol–water partition coefficient (Wildman–Crippen LogP) is 1.86. The first-order chi connectivity index (χ1) is 7.45. The Bertz CT molecular complexity index is 572. The Hall–Kier alpha value is -1.38. The Balaban J connectivity index is 3.79. The van der Waals surface area contributed by atoms with Crippen LogP contribution in [0.2, 0.25) is 0 Å². The molecule has 0 N–H and O–H groups in total. The molecular weight excluding hydrogens is 250 g/mol. The Morgan fingerprint density at radius 1 is 1.50 bits per heavy atom. The lowest BCUT2D eigenvalue weighted by molar-refractivity contribution is 0.112. The molecule has 1 aromatic carbocycles. The molecule has 1 aromatic rings. The van der Waals surface area contributed by atoms with Gasteiger partial charge in [-0.15, -0.1) is 0 Å². The predicted molar refractivity (Wildman–Crippen MR) is 59.0 cm³/mol. The second kappa shape index (κ2) is 4.64. The summed E-state index contributed by atoms with van der Waals surface area (Å²) >= 11 is 0. The third kappa shape index (κ3) is 2.23. The van der Waals surface area contributed by atoms with Crippen LogP contribution in [0.5, 0.6) is 0 Å². The monoisotopic (exact) mass is 257 g/mol. The molecule has 0 fully saturated rings. The highest BCUT2D eigenvalue weighted by Crippen LogP contribution is 2.26. The number of nitriles is 1. The van der Waals surface area contributed by atoms with Crippen LogP contribution in [0, 0.1) is 11.3 Å². The van der Waals surface area contributed by atoms with Crippen molar-refractivity contribution in [3.05, 3.63) is 28.8 Å². The molecular formula is C10H8ClNO3S. The fourth-order valence-electron chi connectivity index (χ4n) is 1.41. The maximum absolute atomic E-state index is 11.3. The Kier molecular flexibility index (Phi) is 3.68. The number of hydrogen-bond donors (Lipinski definition) is 0. The van der Waals surface area contributed by atoms with Gasteiger partial charge in [0.1, 0.15) is 11.0 Å². The molecule has 0 atom stereocenters. The largest absolute Gasteiger partial charge is 0.298 e. The fourth-order valence-corrected chi connectivity index (χ4v) is 2.73. The van der Waals surface area contributed by atoms with Crippen molar-refractivity contribution in [2.75, 3.05) is 0 Å². The molecule has 0 saturated heterocycles. The number of nitrogens with zero attached hydrogens (tertiary/aromatic N) is 1. The van der Waals surface area contributed by atoms with Crippen LogP contribution in [0.15, 0.2) is 17.0 Å². The Morgan fingerprint density at radius 3 is 2.50 bits per heavy atom. The fraction of sp³-hybridized carbons (Fsp3) is 0.200. The first kappa shape index (κ1) is 12.7. The second-order valence-corrected chi connectivity index (χ2v) is 5.54. The van der Waals surface area contributed by atoms with Crippen LogP contribution in [0.4, 0.5) is 0 Å². The summed E-state index contributed by atoms with van der Waals surface area (Å²) in [5, 5.41) is 8.92. The Morgan fingerprint density at radius 2 is 2.12 bits per heavy atom. The summed E-state index contributed by atoms with van der Waals surface area (Å²) in [6, 6.07) is 4.67. The molecule has 0 aliphatic carbocycles. The molecule has 4 nitrogen and oxygen atoms in total. The van der Waals surface area contributed by atoms with Gasteiger partial charge in [-0.2, -0.15) is 5.26 Å². The van der Waals surface area contributed by atoms with Gasteiger partial charge in [-0.25, -0.2) is 8.42 Å². The smallest absolute Gasteiger partial charge is 0.263 e. The van der Waals surface area contributed by atoms with Gasteiger partial charge in [0.2, 0.25) is 0 Å². The minimum absolute atomic E-state index is 0.0536. The van der Waals surface area contributed by atoms with Gasteiger partial charge in [-0.05, 0) is 18.1 Å². The number of halogens is 1. The number of rotatable bonds is 3. The number of benzene rings is 1. The van der Waals surface area contributed by atoms with E-state index >= 15 is 0 Å². The minimum Gasteiger partial charge on any atom is -0.298 e. The molecule has 0 aliphatic rings. The quantitative estimate of drug-likeness (QED) is 0.612. The zero-order valence-electron chi connectivity index (χ0n) is 8.40. The van der Waals surface area contributed by atoms with Crippen molar-refractivity contribution in [3.63, 3.8) is 0 Å². The first-order valence-electron chi connectivity index (χ1n) is 4.41. The lowest BCUT2D eigenvalue weighted by atomic mass is 10.0. The number of carbonyl (C=O) groups is 1. The van der Waals surface area contributed by atoms with Crippen molar-refractivity contribution in [3.8, 4) is 6.07 Å². The Labute approximate surface area is 97.9 Å². The van der Waals surface area contributed by atoms with Crippen molar-refractivity contribution < 1.29 is 13.2 Å². The minimum atomic E-state index is -4.10. The normalized spacial score (nSPS) is 10.8. The molecule has 0 radical (unpaired) electrons. The van der Waals surface area contributed by atoms with Crippen LogP contribution in [0.25, 0.3) is 0 Å². The summed E-state index contributed by atoms with van der Waals surface area (Å²) in [7, 11) is 1.12. The van der Waals surface area contributed by atoms with Crippen molar-refractivity contribution in [2.24, 2.45) is 0 Å². The first-order valence-corrected chi connectivity index (χ1v) is 6.72. The molecule has 16 heavy (non-hydrogen) atoms. The molecule has 1 rings (SSSR count). The number of hydrogen-bond acceptors (Lipinski definition) is 4. The van der Waals surface area contributed by atoms with E-state index in [0.717, 1.165) is 0 Å². The van der Waals surface area contributed by atoms with Crippen molar-refractivity contribution >= 4 is 26.0 Å². The van der Waals surface area contributed by atoms with Gasteiger partial charge in [0.25, 0.3) is 9.05 Å². The highest BCUT2D eigenvalue weighted by Gasteiger charge is 2.22. The number of carbonyl (C=O) groups excluding carboxylic acids is 1. The summed E-state index contributed by atoms with van der Waals surface area (Å²) in [6.07, 6.45) is 0.858. The van der Waals surface area contributed by atoms with Gasteiger partial charge in [0.05, 0.1) is 5.56 Å². The SMILES string of the molecule is CCc1ccc(C=O)c(S(=O)(=O)Cl)c1C#N. The van der Waals surface area contributed by atoms with Crippen molar-refractivity contribution in [2.45, 2.75) is 18.2 Å². The van der Waals surface area contributed by atoms with Gasteiger partial charge >= 0.3 is 0 Å². The van der Waals surface area contributed by atoms with E-state index in [1.54, 1.807) is 19.1 Å². The molecule has 0 unspecified atom stereocenters. The van der Waals surface area contributed by atoms with E-state index in [1.807, 2.05) is 0 Å². The average molecular weight is 258 g/mol. The summed E-state index contributed by atoms with van der Waals surface area (Å²) in [5.41, 5.74) is 0.401. The van der Waals surface area contributed by atoms with Crippen LogP contribution < -0.4 is 0 Å². The highest BCUT2D eigenvalue weighted by molar-refractivity contribution is 8.13. The van der Waals surface area contributed by atoms with Crippen LogP contribution >= 0.6 is 10.7 Å². The lowest BCUT2D eigenvalue weighted by Crippen LogP contribution is -2.04. The molecule has 0 aliphatic heterocycles. The van der Waals surface area contributed by atoms with Gasteiger partial charge in [0.15, 0.2) is 6.29 Å². The number of aryl methyl sites for hydroxylation is 1. The van der Waals surface area contributed by atoms with Crippen LogP contribution in [-0.2, 0) is 15.5 Å². The van der Waals surface area contributed by atoms with Gasteiger partial charge in [-0.3, -0.25) is 4.79 Å². The van der Waals surface area contributed by atoms with Crippen molar-refractivity contribution in [1.29, 1.82) is 5.26 Å². The third-order valence-electron chi connectivity index (χ3n) is 2.14. The van der Waals surface area contributed by atoms with Crippen LogP contribution in [0.1, 0.15) is 28.4 Å². The van der Waals surface area contributed by atoms with E-state index in [0.29, 0.717) is 18.3 Å². The molecule has 84 valence electrons. The van der Waals surface area contributed by atoms with Gasteiger partial charge in [-0.1, -0.05) is 13.0 Å². The van der Waals surface area contributed by atoms with Crippen LogP contribution in [-0.4, -0.2) is 14.7 Å². The van der Waals surface area contributed by atoms with E-state index in [9.17, 15) is 13.2 Å². The average Bonchev–Trinajstić information content (AvgIpc) is 2.25. The van der Waals surface area contributed by atoms with Gasteiger partial charge in [0, 0.05) is 16.2 Å². The molecule has 0 spiro atoms. The second-order valence-electron chi connectivity index (χ2n) is 3.04. The van der Waals surface area contributed by atoms with Gasteiger partial charge < -0.3 is 0 Å². The van der Waals surface area contributed by atoms with E-state index in [2.05, 4.69) is 0 Å². The maximum atomic E-state index is 11.3. The maximum Gasteiger partial charge on any atom is 0.263 e. The summed E-state index contributed by atoms with van der Waals surface area (Å²) in [4.78, 5) is 10.3. The molecule has 0 aromatic heterocycles. The summed E-state index contributed by atoms with van der Waals surface area (Å²) in [6.45, 7) is 1.78. The number of aldehydes is 1. The molecule has 0 amide bonds. The van der Waals surface area contributed by atoms with E-state index in [1.165, 1.54) is 6.07 Å². The molecule has 0 heterocycles. The van der Waals surface area contributed by atoms with Crippen LogP contribution in [0.3, 0.4) is 0 Å². The van der Waals surface area contributed by atoms with E-state index in [4.69, 9.17) is 15.9 Å². The highest BCUT2D eigenvalue weighted by atomic mass is 35.7.